The first-order valence-corrected chi connectivity index (χ1v) is 46.0. The van der Waals surface area contributed by atoms with Crippen molar-refractivity contribution in [2.24, 2.45) is 17.8 Å². The smallest absolute Gasteiger partial charge is 0.461 e. The molecule has 780 valence electrons. The van der Waals surface area contributed by atoms with Crippen LogP contribution in [0.1, 0.15) is 147 Å². The highest BCUT2D eigenvalue weighted by Gasteiger charge is 2.51. The zero-order valence-corrected chi connectivity index (χ0v) is 78.6. The minimum atomic E-state index is -4.98. The van der Waals surface area contributed by atoms with E-state index in [2.05, 4.69) is 78.3 Å². The van der Waals surface area contributed by atoms with E-state index in [1.54, 1.807) is 91.0 Å². The average Bonchev–Trinajstić information content (AvgIpc) is 0.763. The lowest BCUT2D eigenvalue weighted by atomic mass is 9.80. The average molecular weight is 2120 g/mol. The fourth-order valence-corrected chi connectivity index (χ4v) is 17.3. The molecule has 1 unspecified atom stereocenters. The van der Waals surface area contributed by atoms with Crippen molar-refractivity contribution in [2.45, 2.75) is 200 Å². The molecular weight excluding hydrogens is 2020 g/mol. The van der Waals surface area contributed by atoms with Gasteiger partial charge in [-0.25, -0.2) is 27.6 Å². The second-order valence-electron chi connectivity index (χ2n) is 34.3. The van der Waals surface area contributed by atoms with Crippen LogP contribution in [0.3, 0.4) is 0 Å². The lowest BCUT2D eigenvalue weighted by molar-refractivity contribution is -0.253. The number of carboxylic acid groups (broad SMARTS) is 2. The molecule has 3 fully saturated rings. The Morgan fingerprint density at radius 3 is 1.06 bits per heavy atom. The number of nitrogens with one attached hydrogen (secondary N) is 9. The number of halogens is 21. The molecule has 3 aromatic heterocycles. The minimum Gasteiger partial charge on any atom is -0.513 e. The molecule has 12 rings (SSSR count). The van der Waals surface area contributed by atoms with Crippen LogP contribution in [-0.2, 0) is 59.9 Å². The maximum Gasteiger partial charge on any atom is 0.461 e. The number of carboxylic acids is 2. The summed E-state index contributed by atoms with van der Waals surface area (Å²) in [5, 5.41) is 51.4. The Hall–Kier alpha value is -13.5. The number of hydrogen-bond acceptors (Lipinski definition) is 15. The fourth-order valence-electron chi connectivity index (χ4n) is 17.0. The van der Waals surface area contributed by atoms with E-state index < -0.39 is 198 Å². The standard InChI is InChI=1S/C34H33ClF8N4O4.C33H34ClF5N4O5.C31H30ClF5N4O5/c1-19(48)13-28(33(39,40)41)46-29(49)21-7-10-25(11-8-21)45-31(50)47-32(17-20-5-3-2-4-6-20,27-12-9-23(35)18-44-27)22-14-24(36)16-26(15-22)51-34(42,43)30(37)38;34-22-12-13-27(41-19-22)32(18-20-7-2-1-3-8-20,21-15-23(35)17-24(16-21)48-33(38,39)30(36)37)43-31(47)42-26-10-5-4-9-25(26)29(46)40-14-6-11-28(44)45;32-20-10-11-25(38-16-20)30(15-18-6-2-1-3-7-18,19-12-21(33)14-22(13-19)46-31(36,37)28(34)35)41-29(45)40-24-9-5-4-8-23(24)27(44)39-17-26(42)43/h2-6,9,12,14-16,18,21,25,28,30,48H,1,7-8,10-11,13,17H2,(H,46,49)(H2,45,47,50);1-3,7-8,12-13,15-17,19,25-26,30H,4-6,9-11,14,18H2,(H,40,46)(H,44,45)(H2,42,43,47);1-3,6-7,10-14,16,23-24,28H,4-5,8-9,15,17H2,(H,39,44)(H,42,43)(H2,40,41,45)/t21?,25?,28?,32-;25-,26+,32-;23-,24+,30-/m000/s1. The Labute approximate surface area is 832 Å². The van der Waals surface area contributed by atoms with E-state index in [-0.39, 0.29) is 119 Å². The molecule has 47 heteroatoms. The summed E-state index contributed by atoms with van der Waals surface area (Å²) in [6.07, 6.45) is -25.0. The van der Waals surface area contributed by atoms with Crippen LogP contribution in [0.25, 0.3) is 0 Å². The molecule has 0 bridgehead atoms. The first-order valence-electron chi connectivity index (χ1n) is 44.9. The Bertz CT molecular complexity index is 5900. The van der Waals surface area contributed by atoms with Gasteiger partial charge >= 0.3 is 73.8 Å². The van der Waals surface area contributed by atoms with Crippen molar-refractivity contribution in [3.63, 3.8) is 0 Å². The number of pyridine rings is 3. The number of hydrogen-bond donors (Lipinski definition) is 12. The summed E-state index contributed by atoms with van der Waals surface area (Å²) in [7, 11) is 0. The van der Waals surface area contributed by atoms with Gasteiger partial charge in [0.1, 0.15) is 63.9 Å². The van der Waals surface area contributed by atoms with Crippen molar-refractivity contribution < 1.29 is 147 Å². The Balaban J connectivity index is 0.000000223. The third-order valence-electron chi connectivity index (χ3n) is 23.7. The van der Waals surface area contributed by atoms with Crippen molar-refractivity contribution in [3.8, 4) is 17.2 Å². The first-order chi connectivity index (χ1) is 68.4. The second-order valence-corrected chi connectivity index (χ2v) is 35.6. The number of carbonyl (C=O) groups excluding carboxylic acids is 6. The Kier molecular flexibility index (Phi) is 39.8. The van der Waals surface area contributed by atoms with Gasteiger partial charge in [0, 0.05) is 99.5 Å². The third-order valence-corrected chi connectivity index (χ3v) is 24.4. The summed E-state index contributed by atoms with van der Waals surface area (Å²) in [6.45, 7) is 2.58. The number of ether oxygens (including phenoxy) is 3. The van der Waals surface area contributed by atoms with Gasteiger partial charge in [0.05, 0.1) is 49.7 Å². The van der Waals surface area contributed by atoms with Gasteiger partial charge in [-0.3, -0.25) is 38.9 Å². The highest BCUT2D eigenvalue weighted by atomic mass is 35.5. The molecule has 9 amide bonds. The van der Waals surface area contributed by atoms with Crippen molar-refractivity contribution >= 4 is 82.6 Å². The highest BCUT2D eigenvalue weighted by Crippen LogP contribution is 2.44. The predicted molar refractivity (Wildman–Crippen MR) is 492 cm³/mol. The van der Waals surface area contributed by atoms with Crippen LogP contribution in [0, 0.1) is 35.2 Å². The van der Waals surface area contributed by atoms with Crippen LogP contribution < -0.4 is 62.1 Å². The SMILES string of the molecule is C=C(O)CC(NC(=O)C1CCC(NC(=O)N[C@@](Cc2ccccc2)(c2cc(F)cc(OC(F)(F)C(F)F)c2)c2ccc(Cl)cn2)CC1)C(F)(F)F.O=C(O)CCCNC(=O)[C@H]1CCCC[C@H]1NC(=O)N[C@@](Cc1ccccc1)(c1cc(F)cc(OC(F)(F)C(F)F)c1)c1ccc(Cl)cn1.O=C(O)CNC(=O)[C@H]1CCCC[C@H]1NC(=O)N[C@@](Cc1ccccc1)(c1cc(F)cc(OC(F)(F)C(F)F)c1)c1ccc(Cl)cn1. The normalized spacial score (nSPS) is 18.0. The molecule has 26 nitrogen and oxygen atoms in total. The van der Waals surface area contributed by atoms with Gasteiger partial charge in [-0.05, 0) is 164 Å². The molecule has 145 heavy (non-hydrogen) atoms. The van der Waals surface area contributed by atoms with Gasteiger partial charge in [0.2, 0.25) is 17.7 Å². The van der Waals surface area contributed by atoms with Crippen LogP contribution in [0.2, 0.25) is 15.1 Å². The molecule has 9 aromatic rings. The quantitative estimate of drug-likeness (QED) is 0.00967. The van der Waals surface area contributed by atoms with Gasteiger partial charge in [0.15, 0.2) is 0 Å². The number of aliphatic hydroxyl groups is 1. The molecule has 3 saturated carbocycles. The van der Waals surface area contributed by atoms with E-state index in [1.807, 2.05) is 5.32 Å². The molecule has 12 N–H and O–H groups in total. The molecule has 0 aliphatic heterocycles. The van der Waals surface area contributed by atoms with Gasteiger partial charge in [0.25, 0.3) is 0 Å². The molecule has 3 aliphatic carbocycles. The number of carbonyl (C=O) groups is 8. The van der Waals surface area contributed by atoms with Gasteiger partial charge in [-0.15, -0.1) is 0 Å². The summed E-state index contributed by atoms with van der Waals surface area (Å²) >= 11 is 18.2. The Morgan fingerprint density at radius 2 is 0.752 bits per heavy atom. The number of rotatable bonds is 39. The predicted octanol–water partition coefficient (Wildman–Crippen LogP) is 20.1. The van der Waals surface area contributed by atoms with E-state index in [9.17, 15) is 109 Å². The number of amides is 9. The van der Waals surface area contributed by atoms with E-state index in [1.165, 1.54) is 55.0 Å². The summed E-state index contributed by atoms with van der Waals surface area (Å²) < 4.78 is 260. The van der Waals surface area contributed by atoms with Gasteiger partial charge < -0.3 is 77.4 Å². The highest BCUT2D eigenvalue weighted by molar-refractivity contribution is 6.31. The van der Waals surface area contributed by atoms with Crippen LogP contribution in [0.15, 0.2) is 213 Å². The van der Waals surface area contributed by atoms with E-state index in [0.29, 0.717) is 79.8 Å². The molecule has 3 heterocycles. The minimum absolute atomic E-state index is 0.0493. The lowest BCUT2D eigenvalue weighted by Crippen LogP contribution is -2.57. The monoisotopic (exact) mass is 2110 g/mol. The van der Waals surface area contributed by atoms with E-state index in [0.717, 1.165) is 42.8 Å². The zero-order valence-electron chi connectivity index (χ0n) is 76.3. The summed E-state index contributed by atoms with van der Waals surface area (Å²) in [6, 6.07) is 34.2. The van der Waals surface area contributed by atoms with Gasteiger partial charge in [-0.2, -0.15) is 65.9 Å². The van der Waals surface area contributed by atoms with Crippen LogP contribution in [-0.4, -0.2) is 159 Å². The summed E-state index contributed by atoms with van der Waals surface area (Å²) in [5.74, 6) is -13.2. The zero-order chi connectivity index (χ0) is 106. The molecule has 6 aromatic carbocycles. The van der Waals surface area contributed by atoms with E-state index >= 15 is 13.2 Å². The molecular formula is C98H97Cl3F18N12O14. The second kappa shape index (κ2) is 50.8. The topological polar surface area (TPSA) is 372 Å². The number of alkyl halides is 15. The van der Waals surface area contributed by atoms with Crippen molar-refractivity contribution in [2.75, 3.05) is 13.1 Å². The van der Waals surface area contributed by atoms with Crippen molar-refractivity contribution in [1.82, 2.24) is 62.8 Å². The number of nitrogens with zero attached hydrogens (tertiary/aromatic N) is 3. The molecule has 8 atom stereocenters. The molecule has 0 radical (unpaired) electrons. The van der Waals surface area contributed by atoms with Crippen molar-refractivity contribution in [3.05, 3.63) is 296 Å². The fraction of sp³-hybridized carbons (Fsp3) is 0.378. The number of benzene rings is 6. The molecule has 3 aliphatic rings. The van der Waals surface area contributed by atoms with E-state index in [4.69, 9.17) is 45.0 Å². The van der Waals surface area contributed by atoms with Crippen LogP contribution in [0.5, 0.6) is 17.2 Å². The lowest BCUT2D eigenvalue weighted by Gasteiger charge is -2.37. The Morgan fingerprint density at radius 1 is 0.414 bits per heavy atom. The maximum atomic E-state index is 15.1. The van der Waals surface area contributed by atoms with Crippen molar-refractivity contribution in [1.29, 1.82) is 0 Å². The number of urea groups is 3. The summed E-state index contributed by atoms with van der Waals surface area (Å²) in [5.41, 5.74) is -4.13. The largest absolute Gasteiger partial charge is 0.513 e. The summed E-state index contributed by atoms with van der Waals surface area (Å²) in [4.78, 5) is 115. The number of aromatic nitrogens is 3. The number of aliphatic hydroxyl groups excluding tert-OH is 1. The van der Waals surface area contributed by atoms with Crippen LogP contribution >= 0.6 is 34.8 Å². The first kappa shape index (κ1) is 113. The van der Waals surface area contributed by atoms with Gasteiger partial charge in [-0.1, -0.05) is 158 Å². The molecule has 0 saturated heterocycles. The van der Waals surface area contributed by atoms with Crippen LogP contribution in [0.4, 0.5) is 93.4 Å². The molecule has 0 spiro atoms. The third kappa shape index (κ3) is 32.5. The maximum absolute atomic E-state index is 15.1. The number of aliphatic carboxylic acids is 2.